The van der Waals surface area contributed by atoms with Gasteiger partial charge in [-0.1, -0.05) is 22.6 Å². The quantitative estimate of drug-likeness (QED) is 0.432. The van der Waals surface area contributed by atoms with Crippen LogP contribution >= 0.6 is 22.6 Å². The molecule has 0 aromatic carbocycles. The topological polar surface area (TPSA) is 29.3 Å². The highest BCUT2D eigenvalue weighted by molar-refractivity contribution is 14.1. The minimum Gasteiger partial charge on any atom is -0.326 e. The van der Waals surface area contributed by atoms with E-state index in [2.05, 4.69) is 41.3 Å². The third-order valence-electron chi connectivity index (χ3n) is 1.98. The molecule has 60 valence electrons. The molecule has 1 unspecified atom stereocenters. The van der Waals surface area contributed by atoms with E-state index in [4.69, 9.17) is 5.73 Å². The van der Waals surface area contributed by atoms with Crippen molar-refractivity contribution >= 4 is 22.6 Å². The molecule has 0 spiro atoms. The normalized spacial score (nSPS) is 29.4. The van der Waals surface area contributed by atoms with Crippen LogP contribution in [0.1, 0.15) is 20.3 Å². The molecule has 1 fully saturated rings. The lowest BCUT2D eigenvalue weighted by molar-refractivity contribution is 0.258. The third kappa shape index (κ3) is 2.07. The summed E-state index contributed by atoms with van der Waals surface area (Å²) >= 11 is 2.46. The van der Waals surface area contributed by atoms with Gasteiger partial charge in [0.15, 0.2) is 0 Å². The van der Waals surface area contributed by atoms with Crippen LogP contribution in [-0.4, -0.2) is 27.6 Å². The third-order valence-corrected chi connectivity index (χ3v) is 2.66. The van der Waals surface area contributed by atoms with Crippen LogP contribution < -0.4 is 5.73 Å². The molecule has 0 bridgehead atoms. The lowest BCUT2D eigenvalue weighted by atomic mass is 10.3. The Balaban J connectivity index is 2.45. The minimum atomic E-state index is 0.284. The molecule has 2 nitrogen and oxygen atoms in total. The van der Waals surface area contributed by atoms with Crippen LogP contribution in [0.15, 0.2) is 0 Å². The van der Waals surface area contributed by atoms with Crippen molar-refractivity contribution in [3.8, 4) is 0 Å². The van der Waals surface area contributed by atoms with Gasteiger partial charge in [-0.2, -0.15) is 0 Å². The molecule has 1 saturated heterocycles. The second-order valence-electron chi connectivity index (χ2n) is 3.40. The Morgan fingerprint density at radius 2 is 2.20 bits per heavy atom. The average molecular weight is 254 g/mol. The van der Waals surface area contributed by atoms with Gasteiger partial charge in [0.2, 0.25) is 0 Å². The van der Waals surface area contributed by atoms with Gasteiger partial charge < -0.3 is 5.73 Å². The first-order valence-electron chi connectivity index (χ1n) is 3.69. The fourth-order valence-electron chi connectivity index (χ4n) is 1.27. The standard InChI is InChI=1S/C7H15IN2/c1-7(2,8)10-4-3-6(9)5-10/h6H,3-5,9H2,1-2H3. The molecule has 1 rings (SSSR count). The summed E-state index contributed by atoms with van der Waals surface area (Å²) < 4.78 is 0.284. The summed E-state index contributed by atoms with van der Waals surface area (Å²) in [7, 11) is 0. The Morgan fingerprint density at radius 1 is 1.60 bits per heavy atom. The van der Waals surface area contributed by atoms with Gasteiger partial charge in [0.05, 0.1) is 3.55 Å². The largest absolute Gasteiger partial charge is 0.326 e. The molecule has 0 aliphatic carbocycles. The highest BCUT2D eigenvalue weighted by Gasteiger charge is 2.29. The Bertz CT molecular complexity index is 119. The van der Waals surface area contributed by atoms with Crippen molar-refractivity contribution in [1.82, 2.24) is 4.90 Å². The molecule has 1 aliphatic heterocycles. The fraction of sp³-hybridized carbons (Fsp3) is 1.00. The maximum atomic E-state index is 5.78. The molecule has 0 radical (unpaired) electrons. The second-order valence-corrected chi connectivity index (χ2v) is 6.04. The lowest BCUT2D eigenvalue weighted by Gasteiger charge is -2.29. The van der Waals surface area contributed by atoms with Crippen LogP contribution in [0.25, 0.3) is 0 Å². The zero-order valence-electron chi connectivity index (χ0n) is 6.60. The molecule has 0 aromatic rings. The van der Waals surface area contributed by atoms with Crippen molar-refractivity contribution < 1.29 is 0 Å². The minimum absolute atomic E-state index is 0.284. The van der Waals surface area contributed by atoms with E-state index in [9.17, 15) is 0 Å². The van der Waals surface area contributed by atoms with E-state index >= 15 is 0 Å². The molecular weight excluding hydrogens is 239 g/mol. The van der Waals surface area contributed by atoms with Gasteiger partial charge >= 0.3 is 0 Å². The monoisotopic (exact) mass is 254 g/mol. The molecule has 2 N–H and O–H groups in total. The van der Waals surface area contributed by atoms with E-state index in [0.717, 1.165) is 19.5 Å². The van der Waals surface area contributed by atoms with Gasteiger partial charge in [-0.3, -0.25) is 4.90 Å². The van der Waals surface area contributed by atoms with E-state index < -0.39 is 0 Å². The number of hydrogen-bond donors (Lipinski definition) is 1. The van der Waals surface area contributed by atoms with Crippen molar-refractivity contribution in [2.75, 3.05) is 13.1 Å². The van der Waals surface area contributed by atoms with Crippen LogP contribution in [0.4, 0.5) is 0 Å². The molecule has 10 heavy (non-hydrogen) atoms. The number of halogens is 1. The van der Waals surface area contributed by atoms with Crippen LogP contribution in [0.2, 0.25) is 0 Å². The molecule has 1 aliphatic rings. The van der Waals surface area contributed by atoms with Crippen molar-refractivity contribution in [2.24, 2.45) is 5.73 Å². The number of rotatable bonds is 1. The number of alkyl halides is 1. The van der Waals surface area contributed by atoms with Gasteiger partial charge in [-0.15, -0.1) is 0 Å². The summed E-state index contributed by atoms with van der Waals surface area (Å²) in [5.74, 6) is 0. The summed E-state index contributed by atoms with van der Waals surface area (Å²) in [6, 6.07) is 0.411. The second kappa shape index (κ2) is 2.95. The van der Waals surface area contributed by atoms with Crippen LogP contribution in [0, 0.1) is 0 Å². The summed E-state index contributed by atoms with van der Waals surface area (Å²) in [5, 5.41) is 0. The zero-order valence-corrected chi connectivity index (χ0v) is 8.76. The predicted molar refractivity (Wildman–Crippen MR) is 52.3 cm³/mol. The summed E-state index contributed by atoms with van der Waals surface area (Å²) in [6.07, 6.45) is 1.16. The van der Waals surface area contributed by atoms with Gasteiger partial charge in [0, 0.05) is 19.1 Å². The number of nitrogens with two attached hydrogens (primary N) is 1. The van der Waals surface area contributed by atoms with Crippen LogP contribution in [0.5, 0.6) is 0 Å². The average Bonchev–Trinajstić information content (AvgIpc) is 2.11. The predicted octanol–water partition coefficient (Wildman–Crippen LogP) is 1.19. The lowest BCUT2D eigenvalue weighted by Crippen LogP contribution is -2.38. The molecule has 0 aromatic heterocycles. The Hall–Kier alpha value is 0.650. The van der Waals surface area contributed by atoms with Crippen molar-refractivity contribution in [3.63, 3.8) is 0 Å². The number of likely N-dealkylation sites (tertiary alicyclic amines) is 1. The SMILES string of the molecule is CC(C)(I)N1CCC(N)C1. The smallest absolute Gasteiger partial charge is 0.0673 e. The van der Waals surface area contributed by atoms with E-state index in [-0.39, 0.29) is 3.55 Å². The zero-order chi connectivity index (χ0) is 7.78. The van der Waals surface area contributed by atoms with Crippen molar-refractivity contribution in [3.05, 3.63) is 0 Å². The number of hydrogen-bond acceptors (Lipinski definition) is 2. The highest BCUT2D eigenvalue weighted by atomic mass is 127. The Kier molecular flexibility index (Phi) is 2.58. The first-order chi connectivity index (χ1) is 4.50. The molecule has 3 heteroatoms. The first kappa shape index (κ1) is 8.74. The summed E-state index contributed by atoms with van der Waals surface area (Å²) in [4.78, 5) is 2.43. The highest BCUT2D eigenvalue weighted by Crippen LogP contribution is 2.26. The Labute approximate surface area is 76.3 Å². The van der Waals surface area contributed by atoms with E-state index in [0.29, 0.717) is 6.04 Å². The number of nitrogens with zero attached hydrogens (tertiary/aromatic N) is 1. The Morgan fingerprint density at radius 3 is 2.40 bits per heavy atom. The van der Waals surface area contributed by atoms with Gasteiger partial charge in [0.1, 0.15) is 0 Å². The molecule has 0 amide bonds. The van der Waals surface area contributed by atoms with Gasteiger partial charge in [0.25, 0.3) is 0 Å². The van der Waals surface area contributed by atoms with Crippen LogP contribution in [0.3, 0.4) is 0 Å². The van der Waals surface area contributed by atoms with Crippen molar-refractivity contribution in [2.45, 2.75) is 29.9 Å². The molecule has 1 heterocycles. The first-order valence-corrected chi connectivity index (χ1v) is 4.77. The summed E-state index contributed by atoms with van der Waals surface area (Å²) in [6.45, 7) is 6.68. The van der Waals surface area contributed by atoms with Crippen molar-refractivity contribution in [1.29, 1.82) is 0 Å². The maximum Gasteiger partial charge on any atom is 0.0673 e. The molecular formula is C7H15IN2. The van der Waals surface area contributed by atoms with E-state index in [1.54, 1.807) is 0 Å². The summed E-state index contributed by atoms with van der Waals surface area (Å²) in [5.41, 5.74) is 5.78. The molecule has 1 atom stereocenters. The van der Waals surface area contributed by atoms with E-state index in [1.807, 2.05) is 0 Å². The maximum absolute atomic E-state index is 5.78. The fourth-order valence-corrected chi connectivity index (χ4v) is 1.71. The van der Waals surface area contributed by atoms with Crippen LogP contribution in [-0.2, 0) is 0 Å². The molecule has 0 saturated carbocycles. The van der Waals surface area contributed by atoms with E-state index in [1.165, 1.54) is 0 Å². The van der Waals surface area contributed by atoms with Gasteiger partial charge in [-0.25, -0.2) is 0 Å². The van der Waals surface area contributed by atoms with Gasteiger partial charge in [-0.05, 0) is 20.3 Å².